The first kappa shape index (κ1) is 17.2. The summed E-state index contributed by atoms with van der Waals surface area (Å²) in [6.45, 7) is 4.71. The summed E-state index contributed by atoms with van der Waals surface area (Å²) in [6.07, 6.45) is 11.8. The summed E-state index contributed by atoms with van der Waals surface area (Å²) in [4.78, 5) is 16.7. The van der Waals surface area contributed by atoms with Crippen molar-refractivity contribution in [2.24, 2.45) is 5.41 Å². The van der Waals surface area contributed by atoms with E-state index >= 15 is 0 Å². The Morgan fingerprint density at radius 3 is 1.44 bits per heavy atom. The third-order valence-corrected chi connectivity index (χ3v) is 3.41. The van der Waals surface area contributed by atoms with Crippen LogP contribution in [0.5, 0.6) is 0 Å². The molecular formula is C12H22N2O2. The van der Waals surface area contributed by atoms with Gasteiger partial charge in [0.1, 0.15) is 0 Å². The lowest BCUT2D eigenvalue weighted by Crippen LogP contribution is -2.21. The summed E-state index contributed by atoms with van der Waals surface area (Å²) >= 11 is 0. The van der Waals surface area contributed by atoms with Crippen molar-refractivity contribution >= 4 is 12.2 Å². The predicted molar refractivity (Wildman–Crippen MR) is 62.9 cm³/mol. The third-order valence-electron chi connectivity index (χ3n) is 3.41. The van der Waals surface area contributed by atoms with Gasteiger partial charge in [-0.1, -0.05) is 46.0 Å². The highest BCUT2D eigenvalue weighted by Gasteiger charge is 2.27. The van der Waals surface area contributed by atoms with Gasteiger partial charge < -0.3 is 0 Å². The van der Waals surface area contributed by atoms with Gasteiger partial charge in [0.15, 0.2) is 0 Å². The van der Waals surface area contributed by atoms with E-state index in [9.17, 15) is 0 Å². The van der Waals surface area contributed by atoms with E-state index in [1.165, 1.54) is 44.9 Å². The van der Waals surface area contributed by atoms with Crippen LogP contribution in [0.15, 0.2) is 0 Å². The van der Waals surface area contributed by atoms with Crippen LogP contribution in [0.25, 0.3) is 0 Å². The Morgan fingerprint density at radius 2 is 1.25 bits per heavy atom. The molecule has 0 atom stereocenters. The van der Waals surface area contributed by atoms with Crippen molar-refractivity contribution in [1.29, 1.82) is 10.8 Å². The van der Waals surface area contributed by atoms with E-state index in [0.717, 1.165) is 17.6 Å². The van der Waals surface area contributed by atoms with Crippen molar-refractivity contribution in [3.8, 4) is 0 Å². The zero-order chi connectivity index (χ0) is 12.9. The number of carbonyl (C=O) groups excluding carboxylic acids is 2. The van der Waals surface area contributed by atoms with E-state index in [1.807, 2.05) is 0 Å². The molecule has 1 aliphatic carbocycles. The fourth-order valence-corrected chi connectivity index (χ4v) is 2.26. The lowest BCUT2D eigenvalue weighted by Gasteiger charge is -2.35. The molecule has 1 saturated carbocycles. The molecule has 0 unspecified atom stereocenters. The summed E-state index contributed by atoms with van der Waals surface area (Å²) in [6, 6.07) is 0. The number of rotatable bonds is 2. The maximum absolute atomic E-state index is 8.35. The average molecular weight is 226 g/mol. The minimum atomic E-state index is 0.750. The quantitative estimate of drug-likeness (QED) is 0.557. The van der Waals surface area contributed by atoms with Gasteiger partial charge in [-0.2, -0.15) is 0 Å². The van der Waals surface area contributed by atoms with E-state index < -0.39 is 0 Å². The van der Waals surface area contributed by atoms with Crippen LogP contribution in [0.2, 0.25) is 0 Å². The van der Waals surface area contributed by atoms with E-state index in [2.05, 4.69) is 13.8 Å². The highest BCUT2D eigenvalue weighted by atomic mass is 16.1. The molecule has 0 aromatic rings. The van der Waals surface area contributed by atoms with Crippen molar-refractivity contribution in [1.82, 2.24) is 0 Å². The molecule has 0 aromatic carbocycles. The second-order valence-corrected chi connectivity index (χ2v) is 3.97. The Labute approximate surface area is 97.5 Å². The van der Waals surface area contributed by atoms with Crippen LogP contribution in [0.4, 0.5) is 0 Å². The van der Waals surface area contributed by atoms with E-state index in [4.69, 9.17) is 20.4 Å². The molecule has 0 spiro atoms. The zero-order valence-electron chi connectivity index (χ0n) is 10.3. The molecule has 16 heavy (non-hydrogen) atoms. The largest absolute Gasteiger partial charge is 0.231 e. The Kier molecular flexibility index (Phi) is 12.7. The predicted octanol–water partition coefficient (Wildman–Crippen LogP) is 3.56. The first-order chi connectivity index (χ1) is 7.66. The Hall–Kier alpha value is -1.24. The maximum atomic E-state index is 8.35. The fraction of sp³-hybridized carbons (Fsp3) is 0.833. The normalized spacial score (nSPS) is 16.4. The first-order valence-electron chi connectivity index (χ1n) is 5.74. The number of hydrogen-bond donors (Lipinski definition) is 2. The van der Waals surface area contributed by atoms with Crippen LogP contribution in [0.3, 0.4) is 0 Å². The molecule has 4 heteroatoms. The van der Waals surface area contributed by atoms with Gasteiger partial charge in [0.05, 0.1) is 0 Å². The lowest BCUT2D eigenvalue weighted by molar-refractivity contribution is 0.173. The van der Waals surface area contributed by atoms with Crippen LogP contribution in [0.1, 0.15) is 58.8 Å². The van der Waals surface area contributed by atoms with E-state index in [0.29, 0.717) is 0 Å². The monoisotopic (exact) mass is 226 g/mol. The van der Waals surface area contributed by atoms with Gasteiger partial charge in [-0.25, -0.2) is 20.4 Å². The first-order valence-corrected chi connectivity index (χ1v) is 5.74. The van der Waals surface area contributed by atoms with Gasteiger partial charge >= 0.3 is 0 Å². The minimum absolute atomic E-state index is 0.750. The highest BCUT2D eigenvalue weighted by Crippen LogP contribution is 2.41. The van der Waals surface area contributed by atoms with Crippen molar-refractivity contribution in [2.45, 2.75) is 58.8 Å². The smallest absolute Gasteiger partial charge is 0.222 e. The topological polar surface area (TPSA) is 81.8 Å². The lowest BCUT2D eigenvalue weighted by atomic mass is 9.71. The van der Waals surface area contributed by atoms with Crippen molar-refractivity contribution in [2.75, 3.05) is 0 Å². The zero-order valence-corrected chi connectivity index (χ0v) is 10.3. The van der Waals surface area contributed by atoms with Crippen molar-refractivity contribution in [3.05, 3.63) is 0 Å². The van der Waals surface area contributed by atoms with Gasteiger partial charge in [0, 0.05) is 0 Å². The number of isocyanates is 2. The van der Waals surface area contributed by atoms with Crippen LogP contribution >= 0.6 is 0 Å². The molecule has 0 amide bonds. The summed E-state index contributed by atoms with van der Waals surface area (Å²) in [5, 5.41) is 10.8. The van der Waals surface area contributed by atoms with E-state index in [-0.39, 0.29) is 0 Å². The molecule has 1 aliphatic rings. The Balaban J connectivity index is 0. The fourth-order valence-electron chi connectivity index (χ4n) is 2.26. The summed E-state index contributed by atoms with van der Waals surface area (Å²) in [5.74, 6) is 0. The third kappa shape index (κ3) is 8.10. The molecule has 2 N–H and O–H groups in total. The van der Waals surface area contributed by atoms with Gasteiger partial charge in [-0.05, 0) is 18.3 Å². The highest BCUT2D eigenvalue weighted by molar-refractivity contribution is 5.26. The Morgan fingerprint density at radius 1 is 0.938 bits per heavy atom. The molecule has 4 nitrogen and oxygen atoms in total. The molecule has 92 valence electrons. The number of hydrogen-bond acceptors (Lipinski definition) is 4. The van der Waals surface area contributed by atoms with Gasteiger partial charge in [-0.15, -0.1) is 0 Å². The van der Waals surface area contributed by atoms with Gasteiger partial charge in [0.25, 0.3) is 0 Å². The summed E-state index contributed by atoms with van der Waals surface area (Å²) in [7, 11) is 0. The second-order valence-electron chi connectivity index (χ2n) is 3.97. The Bertz CT molecular complexity index is 203. The van der Waals surface area contributed by atoms with Gasteiger partial charge in [-0.3, -0.25) is 0 Å². The van der Waals surface area contributed by atoms with Crippen LogP contribution in [-0.4, -0.2) is 12.2 Å². The van der Waals surface area contributed by atoms with Crippen molar-refractivity contribution in [3.63, 3.8) is 0 Å². The van der Waals surface area contributed by atoms with E-state index in [1.54, 1.807) is 0 Å². The molecule has 0 aromatic heterocycles. The molecule has 0 bridgehead atoms. The maximum Gasteiger partial charge on any atom is 0.231 e. The molecular weight excluding hydrogens is 204 g/mol. The molecule has 0 radical (unpaired) electrons. The summed E-state index contributed by atoms with van der Waals surface area (Å²) < 4.78 is 0. The van der Waals surface area contributed by atoms with Crippen molar-refractivity contribution < 1.29 is 9.59 Å². The van der Waals surface area contributed by atoms with Crippen LogP contribution in [-0.2, 0) is 9.59 Å². The van der Waals surface area contributed by atoms with Gasteiger partial charge in [0.2, 0.25) is 12.2 Å². The summed E-state index contributed by atoms with van der Waals surface area (Å²) in [5.41, 5.74) is 0.762. The molecule has 0 aliphatic heterocycles. The standard InChI is InChI=1S/C10H20.2CHNO/c1-3-10(4-2)8-6-5-7-9-10;2*2-1-3/h3-9H2,1-2H3;2*2H. The SMILES string of the molecule is CCC1(CC)CCCCC1.N=C=O.N=C=O. The molecule has 0 heterocycles. The average Bonchev–Trinajstić information content (AvgIpc) is 2.32. The molecule has 1 rings (SSSR count). The second kappa shape index (κ2) is 11.8. The molecule has 0 saturated heterocycles. The molecule has 1 fully saturated rings. The number of nitrogens with one attached hydrogen (secondary N) is 2. The van der Waals surface area contributed by atoms with Crippen LogP contribution in [0, 0.1) is 16.2 Å². The van der Waals surface area contributed by atoms with Crippen LogP contribution < -0.4 is 0 Å². The minimum Gasteiger partial charge on any atom is -0.222 e.